The van der Waals surface area contributed by atoms with E-state index in [-0.39, 0.29) is 6.61 Å². The number of hydrogen-bond donors (Lipinski definition) is 3. The molecule has 2 rings (SSSR count). The molecule has 9 heteroatoms. The number of aromatic nitrogens is 5. The maximum absolute atomic E-state index is 9.37. The van der Waals surface area contributed by atoms with Gasteiger partial charge in [0.1, 0.15) is 6.33 Å². The predicted molar refractivity (Wildman–Crippen MR) is 74.9 cm³/mol. The van der Waals surface area contributed by atoms with E-state index in [0.717, 1.165) is 0 Å². The number of nitrogens with one attached hydrogen (secondary N) is 1. The molecule has 2 aromatic rings. The van der Waals surface area contributed by atoms with Crippen molar-refractivity contribution in [1.29, 1.82) is 0 Å². The number of hydrogen-bond acceptors (Lipinski definition) is 8. The molecule has 0 amide bonds. The summed E-state index contributed by atoms with van der Waals surface area (Å²) in [6, 6.07) is 0. The van der Waals surface area contributed by atoms with E-state index in [1.165, 1.54) is 11.8 Å². The summed E-state index contributed by atoms with van der Waals surface area (Å²) >= 11 is 1.26. The number of thioether (sulfide) groups is 1. The van der Waals surface area contributed by atoms with Crippen LogP contribution in [0.5, 0.6) is 0 Å². The highest BCUT2D eigenvalue weighted by Gasteiger charge is 2.10. The summed E-state index contributed by atoms with van der Waals surface area (Å²) in [4.78, 5) is 16.8. The van der Waals surface area contributed by atoms with Crippen molar-refractivity contribution >= 4 is 17.7 Å². The van der Waals surface area contributed by atoms with Gasteiger partial charge < -0.3 is 15.5 Å². The Hall–Kier alpha value is -1.71. The van der Waals surface area contributed by atoms with Gasteiger partial charge in [0, 0.05) is 24.7 Å². The van der Waals surface area contributed by atoms with Crippen LogP contribution in [0.1, 0.15) is 6.92 Å². The summed E-state index contributed by atoms with van der Waals surface area (Å²) in [5.74, 6) is 1.23. The molecule has 108 valence electrons. The van der Waals surface area contributed by atoms with E-state index in [1.807, 2.05) is 6.92 Å². The lowest BCUT2D eigenvalue weighted by atomic mass is 10.4. The number of imidazole rings is 1. The van der Waals surface area contributed by atoms with Crippen molar-refractivity contribution in [3.8, 4) is 5.95 Å². The van der Waals surface area contributed by atoms with Gasteiger partial charge in [-0.3, -0.25) is 4.57 Å². The standard InChI is InChI=1S/C11H16N6O2S/c1-2-13-9-14-10(17-4-3-12-7-17)16-11(15-9)20-6-8(19)5-18/h3-4,7-8,18-19H,2,5-6H2,1H3,(H,13,14,15,16). The van der Waals surface area contributed by atoms with Crippen molar-refractivity contribution < 1.29 is 10.2 Å². The zero-order valence-corrected chi connectivity index (χ0v) is 11.8. The lowest BCUT2D eigenvalue weighted by molar-refractivity contribution is 0.113. The van der Waals surface area contributed by atoms with Crippen LogP contribution in [0.3, 0.4) is 0 Å². The van der Waals surface area contributed by atoms with Crippen LogP contribution in [-0.2, 0) is 0 Å². The molecule has 8 nitrogen and oxygen atoms in total. The van der Waals surface area contributed by atoms with E-state index < -0.39 is 6.10 Å². The molecule has 0 aliphatic heterocycles. The first kappa shape index (κ1) is 14.7. The molecule has 0 fully saturated rings. The fraction of sp³-hybridized carbons (Fsp3) is 0.455. The predicted octanol–water partition coefficient (Wildman–Crippen LogP) is -0.0656. The molecule has 1 unspecified atom stereocenters. The van der Waals surface area contributed by atoms with Crippen LogP contribution < -0.4 is 5.32 Å². The molecule has 0 saturated carbocycles. The van der Waals surface area contributed by atoms with Crippen LogP contribution in [0.2, 0.25) is 0 Å². The zero-order valence-electron chi connectivity index (χ0n) is 11.0. The highest BCUT2D eigenvalue weighted by atomic mass is 32.2. The Morgan fingerprint density at radius 2 is 2.25 bits per heavy atom. The van der Waals surface area contributed by atoms with Crippen LogP contribution in [0, 0.1) is 0 Å². The fourth-order valence-electron chi connectivity index (χ4n) is 1.36. The maximum atomic E-state index is 9.37. The molecule has 0 saturated heterocycles. The quantitative estimate of drug-likeness (QED) is 0.609. The second kappa shape index (κ2) is 7.17. The fourth-order valence-corrected chi connectivity index (χ4v) is 2.11. The van der Waals surface area contributed by atoms with Crippen molar-refractivity contribution in [3.63, 3.8) is 0 Å². The van der Waals surface area contributed by atoms with E-state index in [9.17, 15) is 5.11 Å². The number of anilines is 1. The summed E-state index contributed by atoms with van der Waals surface area (Å²) in [5.41, 5.74) is 0. The molecular formula is C11H16N6O2S. The van der Waals surface area contributed by atoms with E-state index >= 15 is 0 Å². The molecule has 2 aromatic heterocycles. The van der Waals surface area contributed by atoms with Crippen molar-refractivity contribution in [2.24, 2.45) is 0 Å². The Bertz CT molecular complexity index is 536. The third-order valence-corrected chi connectivity index (χ3v) is 3.28. The average Bonchev–Trinajstić information content (AvgIpc) is 2.99. The zero-order chi connectivity index (χ0) is 14.4. The lowest BCUT2D eigenvalue weighted by Gasteiger charge is -2.09. The van der Waals surface area contributed by atoms with E-state index in [0.29, 0.717) is 29.4 Å². The number of aliphatic hydroxyl groups is 2. The molecule has 0 spiro atoms. The largest absolute Gasteiger partial charge is 0.394 e. The van der Waals surface area contributed by atoms with Crippen LogP contribution >= 0.6 is 11.8 Å². The van der Waals surface area contributed by atoms with Crippen molar-refractivity contribution in [2.75, 3.05) is 24.2 Å². The molecule has 1 atom stereocenters. The highest BCUT2D eigenvalue weighted by Crippen LogP contribution is 2.17. The highest BCUT2D eigenvalue weighted by molar-refractivity contribution is 7.99. The van der Waals surface area contributed by atoms with Crippen molar-refractivity contribution in [1.82, 2.24) is 24.5 Å². The van der Waals surface area contributed by atoms with Gasteiger partial charge in [0.05, 0.1) is 12.7 Å². The summed E-state index contributed by atoms with van der Waals surface area (Å²) < 4.78 is 1.68. The van der Waals surface area contributed by atoms with Gasteiger partial charge in [0.2, 0.25) is 11.9 Å². The molecule has 2 heterocycles. The first-order valence-corrected chi connectivity index (χ1v) is 7.11. The average molecular weight is 296 g/mol. The third-order valence-electron chi connectivity index (χ3n) is 2.29. The molecule has 20 heavy (non-hydrogen) atoms. The summed E-state index contributed by atoms with van der Waals surface area (Å²) in [7, 11) is 0. The van der Waals surface area contributed by atoms with Gasteiger partial charge in [-0.2, -0.15) is 15.0 Å². The summed E-state index contributed by atoms with van der Waals surface area (Å²) in [6.07, 6.45) is 4.18. The van der Waals surface area contributed by atoms with Crippen LogP contribution in [0.15, 0.2) is 23.9 Å². The smallest absolute Gasteiger partial charge is 0.240 e. The van der Waals surface area contributed by atoms with Gasteiger partial charge in [0.25, 0.3) is 0 Å². The summed E-state index contributed by atoms with van der Waals surface area (Å²) in [6.45, 7) is 2.35. The Labute approximate surface area is 120 Å². The minimum Gasteiger partial charge on any atom is -0.394 e. The SMILES string of the molecule is CCNc1nc(SCC(O)CO)nc(-n2ccnc2)n1. The minimum atomic E-state index is -0.795. The third kappa shape index (κ3) is 3.89. The van der Waals surface area contributed by atoms with Crippen LogP contribution in [0.4, 0.5) is 5.95 Å². The van der Waals surface area contributed by atoms with E-state index in [1.54, 1.807) is 23.3 Å². The first-order valence-electron chi connectivity index (χ1n) is 6.13. The molecule has 0 aliphatic rings. The minimum absolute atomic E-state index is 0.285. The molecule has 0 radical (unpaired) electrons. The van der Waals surface area contributed by atoms with Gasteiger partial charge in [-0.25, -0.2) is 4.98 Å². The Morgan fingerprint density at radius 3 is 2.90 bits per heavy atom. The lowest BCUT2D eigenvalue weighted by Crippen LogP contribution is -2.15. The van der Waals surface area contributed by atoms with E-state index in [2.05, 4.69) is 25.3 Å². The van der Waals surface area contributed by atoms with Gasteiger partial charge in [-0.05, 0) is 6.92 Å². The topological polar surface area (TPSA) is 109 Å². The second-order valence-corrected chi connectivity index (χ2v) is 4.88. The maximum Gasteiger partial charge on any atom is 0.240 e. The molecule has 0 bridgehead atoms. The molecule has 3 N–H and O–H groups in total. The molecule has 0 aromatic carbocycles. The van der Waals surface area contributed by atoms with Crippen LogP contribution in [0.25, 0.3) is 5.95 Å². The molecular weight excluding hydrogens is 280 g/mol. The summed E-state index contributed by atoms with van der Waals surface area (Å²) in [5, 5.41) is 21.7. The second-order valence-electron chi connectivity index (χ2n) is 3.89. The normalized spacial score (nSPS) is 12.3. The number of aliphatic hydroxyl groups excluding tert-OH is 2. The molecule has 0 aliphatic carbocycles. The van der Waals surface area contributed by atoms with Gasteiger partial charge >= 0.3 is 0 Å². The van der Waals surface area contributed by atoms with Gasteiger partial charge in [0.15, 0.2) is 5.16 Å². The van der Waals surface area contributed by atoms with Crippen molar-refractivity contribution in [2.45, 2.75) is 18.2 Å². The Morgan fingerprint density at radius 1 is 1.40 bits per heavy atom. The van der Waals surface area contributed by atoms with Crippen molar-refractivity contribution in [3.05, 3.63) is 18.7 Å². The Kier molecular flexibility index (Phi) is 5.27. The van der Waals surface area contributed by atoms with Gasteiger partial charge in [-0.15, -0.1) is 0 Å². The van der Waals surface area contributed by atoms with Gasteiger partial charge in [-0.1, -0.05) is 11.8 Å². The van der Waals surface area contributed by atoms with E-state index in [4.69, 9.17) is 5.11 Å². The van der Waals surface area contributed by atoms with Crippen LogP contribution in [-0.4, -0.2) is 59.7 Å². The number of rotatable bonds is 7. The first-order chi connectivity index (χ1) is 9.72. The Balaban J connectivity index is 2.22. The number of nitrogens with zero attached hydrogens (tertiary/aromatic N) is 5. The monoisotopic (exact) mass is 296 g/mol.